The first-order valence-corrected chi connectivity index (χ1v) is 4.67. The highest BCUT2D eigenvalue weighted by Crippen LogP contribution is 2.24. The Balaban J connectivity index is 2.89. The second kappa shape index (κ2) is 5.17. The molecule has 1 rings (SSSR count). The average Bonchev–Trinajstić information content (AvgIpc) is 2.26. The summed E-state index contributed by atoms with van der Waals surface area (Å²) in [6.45, 7) is 0.423. The Bertz CT molecular complexity index is 294. The maximum atomic E-state index is 5.44. The van der Waals surface area contributed by atoms with E-state index in [-0.39, 0.29) is 6.10 Å². The fourth-order valence-corrected chi connectivity index (χ4v) is 1.53. The minimum absolute atomic E-state index is 0.135. The molecule has 2 atom stereocenters. The van der Waals surface area contributed by atoms with Gasteiger partial charge in [0.1, 0.15) is 11.7 Å². The molecule has 0 aromatic heterocycles. The van der Waals surface area contributed by atoms with Crippen molar-refractivity contribution in [2.24, 2.45) is 4.99 Å². The van der Waals surface area contributed by atoms with Gasteiger partial charge in [0.25, 0.3) is 0 Å². The lowest BCUT2D eigenvalue weighted by Crippen LogP contribution is -2.46. The third kappa shape index (κ3) is 2.16. The Morgan fingerprint density at radius 1 is 1.50 bits per heavy atom. The summed E-state index contributed by atoms with van der Waals surface area (Å²) in [5.41, 5.74) is -0.546. The number of methoxy groups -OCH3 is 2. The molecule has 4 heteroatoms. The zero-order valence-corrected chi connectivity index (χ0v) is 9.08. The highest BCUT2D eigenvalue weighted by atomic mass is 32.1. The van der Waals surface area contributed by atoms with Gasteiger partial charge in [-0.05, 0) is 18.3 Å². The van der Waals surface area contributed by atoms with Gasteiger partial charge >= 0.3 is 0 Å². The maximum absolute atomic E-state index is 5.44. The molecule has 0 N–H and O–H groups in total. The van der Waals surface area contributed by atoms with Gasteiger partial charge < -0.3 is 9.47 Å². The van der Waals surface area contributed by atoms with Crippen LogP contribution in [0.4, 0.5) is 0 Å². The van der Waals surface area contributed by atoms with Crippen LogP contribution in [0.3, 0.4) is 0 Å². The third-order valence-corrected chi connectivity index (χ3v) is 2.41. The van der Waals surface area contributed by atoms with Gasteiger partial charge in [-0.3, -0.25) is 0 Å². The SMILES string of the molecule is COC1C=CC=CC1(CN=C=S)OC. The van der Waals surface area contributed by atoms with Gasteiger partial charge in [0.15, 0.2) is 0 Å². The average molecular weight is 211 g/mol. The molecular formula is C10H13NO2S. The zero-order valence-electron chi connectivity index (χ0n) is 8.27. The second-order valence-electron chi connectivity index (χ2n) is 2.97. The van der Waals surface area contributed by atoms with E-state index in [0.717, 1.165) is 0 Å². The number of ether oxygens (including phenoxy) is 2. The van der Waals surface area contributed by atoms with Crippen LogP contribution in [0, 0.1) is 0 Å². The molecule has 0 heterocycles. The van der Waals surface area contributed by atoms with Gasteiger partial charge in [0.2, 0.25) is 0 Å². The molecule has 1 aliphatic rings. The van der Waals surface area contributed by atoms with Crippen molar-refractivity contribution in [3.05, 3.63) is 24.3 Å². The summed E-state index contributed by atoms with van der Waals surface area (Å²) >= 11 is 4.54. The highest BCUT2D eigenvalue weighted by Gasteiger charge is 2.36. The van der Waals surface area contributed by atoms with E-state index in [1.165, 1.54) is 0 Å². The zero-order chi connectivity index (χ0) is 10.4. The fourth-order valence-electron chi connectivity index (χ4n) is 1.47. The molecule has 0 saturated carbocycles. The van der Waals surface area contributed by atoms with E-state index in [4.69, 9.17) is 9.47 Å². The Hall–Kier alpha value is -0.800. The quantitative estimate of drug-likeness (QED) is 0.523. The standard InChI is InChI=1S/C10H13NO2S/c1-12-9-5-3-4-6-10(9,13-2)7-11-8-14/h3-6,9H,7H2,1-2H3. The minimum atomic E-state index is -0.546. The summed E-state index contributed by atoms with van der Waals surface area (Å²) in [6, 6.07) is 0. The first kappa shape index (κ1) is 11.3. The van der Waals surface area contributed by atoms with Crippen molar-refractivity contribution in [1.82, 2.24) is 0 Å². The molecular weight excluding hydrogens is 198 g/mol. The minimum Gasteiger partial charge on any atom is -0.374 e. The molecule has 76 valence electrons. The monoisotopic (exact) mass is 211 g/mol. The number of nitrogens with zero attached hydrogens (tertiary/aromatic N) is 1. The smallest absolute Gasteiger partial charge is 0.136 e. The molecule has 3 nitrogen and oxygen atoms in total. The molecule has 0 amide bonds. The van der Waals surface area contributed by atoms with Crippen LogP contribution in [-0.2, 0) is 9.47 Å². The van der Waals surface area contributed by atoms with Gasteiger partial charge in [-0.25, -0.2) is 4.99 Å². The van der Waals surface area contributed by atoms with Gasteiger partial charge in [-0.2, -0.15) is 0 Å². The van der Waals surface area contributed by atoms with Crippen molar-refractivity contribution in [1.29, 1.82) is 0 Å². The number of aliphatic imine (C=N–C) groups is 1. The van der Waals surface area contributed by atoms with E-state index in [1.807, 2.05) is 24.3 Å². The predicted octanol–water partition coefficient (Wildman–Crippen LogP) is 1.62. The van der Waals surface area contributed by atoms with E-state index in [1.54, 1.807) is 14.2 Å². The van der Waals surface area contributed by atoms with Crippen LogP contribution in [0.1, 0.15) is 0 Å². The molecule has 0 bridgehead atoms. The molecule has 1 aliphatic carbocycles. The summed E-state index contributed by atoms with van der Waals surface area (Å²) in [5, 5.41) is 2.33. The Morgan fingerprint density at radius 3 is 2.86 bits per heavy atom. The highest BCUT2D eigenvalue weighted by molar-refractivity contribution is 7.78. The first-order chi connectivity index (χ1) is 6.79. The van der Waals surface area contributed by atoms with Crippen LogP contribution in [-0.4, -0.2) is 37.6 Å². The van der Waals surface area contributed by atoms with E-state index in [9.17, 15) is 0 Å². The van der Waals surface area contributed by atoms with Crippen LogP contribution in [0.5, 0.6) is 0 Å². The summed E-state index contributed by atoms with van der Waals surface area (Å²) in [6.07, 6.45) is 7.56. The molecule has 0 aromatic rings. The molecule has 2 unspecified atom stereocenters. The number of hydrogen-bond donors (Lipinski definition) is 0. The lowest BCUT2D eigenvalue weighted by Gasteiger charge is -2.34. The van der Waals surface area contributed by atoms with E-state index >= 15 is 0 Å². The van der Waals surface area contributed by atoms with Gasteiger partial charge in [-0.1, -0.05) is 18.2 Å². The van der Waals surface area contributed by atoms with Crippen molar-refractivity contribution < 1.29 is 9.47 Å². The Kier molecular flexibility index (Phi) is 4.17. The molecule has 0 aliphatic heterocycles. The number of hydrogen-bond acceptors (Lipinski definition) is 4. The van der Waals surface area contributed by atoms with E-state index in [2.05, 4.69) is 22.4 Å². The molecule has 0 fully saturated rings. The van der Waals surface area contributed by atoms with Gasteiger partial charge in [0, 0.05) is 14.2 Å². The van der Waals surface area contributed by atoms with Crippen LogP contribution < -0.4 is 0 Å². The normalized spacial score (nSPS) is 30.0. The first-order valence-electron chi connectivity index (χ1n) is 4.26. The third-order valence-electron chi connectivity index (χ3n) is 2.28. The number of isothiocyanates is 1. The fraction of sp³-hybridized carbons (Fsp3) is 0.500. The molecule has 0 saturated heterocycles. The number of allylic oxidation sites excluding steroid dienone is 2. The Labute approximate surface area is 89.1 Å². The lowest BCUT2D eigenvalue weighted by atomic mass is 9.92. The molecule has 0 radical (unpaired) electrons. The predicted molar refractivity (Wildman–Crippen MR) is 58.7 cm³/mol. The molecule has 14 heavy (non-hydrogen) atoms. The van der Waals surface area contributed by atoms with Crippen molar-refractivity contribution in [2.75, 3.05) is 20.8 Å². The summed E-state index contributed by atoms with van der Waals surface area (Å²) in [5.74, 6) is 0. The van der Waals surface area contributed by atoms with E-state index < -0.39 is 5.60 Å². The van der Waals surface area contributed by atoms with Crippen molar-refractivity contribution >= 4 is 17.4 Å². The molecule has 0 aromatic carbocycles. The maximum Gasteiger partial charge on any atom is 0.136 e. The topological polar surface area (TPSA) is 30.8 Å². The summed E-state index contributed by atoms with van der Waals surface area (Å²) < 4.78 is 10.8. The van der Waals surface area contributed by atoms with Gasteiger partial charge in [0.05, 0.1) is 11.7 Å². The van der Waals surface area contributed by atoms with Crippen LogP contribution in [0.2, 0.25) is 0 Å². The summed E-state index contributed by atoms with van der Waals surface area (Å²) in [7, 11) is 3.28. The van der Waals surface area contributed by atoms with Gasteiger partial charge in [-0.15, -0.1) is 0 Å². The van der Waals surface area contributed by atoms with E-state index in [0.29, 0.717) is 6.54 Å². The van der Waals surface area contributed by atoms with Crippen molar-refractivity contribution in [3.8, 4) is 0 Å². The second-order valence-corrected chi connectivity index (χ2v) is 3.15. The largest absolute Gasteiger partial charge is 0.374 e. The lowest BCUT2D eigenvalue weighted by molar-refractivity contribution is -0.0597. The molecule has 0 spiro atoms. The van der Waals surface area contributed by atoms with Crippen molar-refractivity contribution in [3.63, 3.8) is 0 Å². The summed E-state index contributed by atoms with van der Waals surface area (Å²) in [4.78, 5) is 3.91. The van der Waals surface area contributed by atoms with Crippen LogP contribution in [0.15, 0.2) is 29.3 Å². The van der Waals surface area contributed by atoms with Crippen LogP contribution >= 0.6 is 12.2 Å². The number of rotatable bonds is 4. The Morgan fingerprint density at radius 2 is 2.29 bits per heavy atom. The van der Waals surface area contributed by atoms with Crippen molar-refractivity contribution in [2.45, 2.75) is 11.7 Å². The number of thiocarbonyl (C=S) groups is 1. The van der Waals surface area contributed by atoms with Crippen LogP contribution in [0.25, 0.3) is 0 Å².